The third-order valence-electron chi connectivity index (χ3n) is 3.76. The predicted molar refractivity (Wildman–Crippen MR) is 68.0 cm³/mol. The molecule has 0 saturated carbocycles. The molecular formula is C12H15N5O4. The summed E-state index contributed by atoms with van der Waals surface area (Å²) in [5, 5.41) is 8.47. The van der Waals surface area contributed by atoms with Gasteiger partial charge in [-0.1, -0.05) is 5.16 Å². The summed E-state index contributed by atoms with van der Waals surface area (Å²) in [5.41, 5.74) is -0.964. The number of hydrogen-bond acceptors (Lipinski definition) is 6. The number of nitrogens with zero attached hydrogens (tertiary/aromatic N) is 3. The number of carbonyl (C=O) groups is 3. The molecule has 1 atom stereocenters. The first kappa shape index (κ1) is 13.5. The largest absolute Gasteiger partial charge is 0.340 e. The first-order valence-corrected chi connectivity index (χ1v) is 6.69. The summed E-state index contributed by atoms with van der Waals surface area (Å²) in [6, 6.07) is -0.504. The van der Waals surface area contributed by atoms with Gasteiger partial charge < -0.3 is 14.7 Å². The van der Waals surface area contributed by atoms with E-state index in [2.05, 4.69) is 20.8 Å². The van der Waals surface area contributed by atoms with E-state index in [-0.39, 0.29) is 24.8 Å². The zero-order valence-corrected chi connectivity index (χ0v) is 11.5. The van der Waals surface area contributed by atoms with Crippen LogP contribution in [-0.2, 0) is 16.0 Å². The van der Waals surface area contributed by atoms with Crippen LogP contribution in [0.5, 0.6) is 0 Å². The Balaban J connectivity index is 1.57. The third kappa shape index (κ3) is 2.46. The van der Waals surface area contributed by atoms with Gasteiger partial charge in [0.2, 0.25) is 11.8 Å². The molecule has 2 fully saturated rings. The summed E-state index contributed by atoms with van der Waals surface area (Å²) in [4.78, 5) is 40.8. The molecule has 0 radical (unpaired) electrons. The number of nitrogens with one attached hydrogen (secondary N) is 2. The van der Waals surface area contributed by atoms with Gasteiger partial charge in [-0.25, -0.2) is 4.79 Å². The van der Waals surface area contributed by atoms with E-state index in [1.54, 1.807) is 11.8 Å². The molecule has 1 unspecified atom stereocenters. The summed E-state index contributed by atoms with van der Waals surface area (Å²) in [7, 11) is 0. The van der Waals surface area contributed by atoms with Crippen molar-refractivity contribution in [3.8, 4) is 0 Å². The normalized spacial score (nSPS) is 24.5. The van der Waals surface area contributed by atoms with Gasteiger partial charge in [0.15, 0.2) is 5.82 Å². The van der Waals surface area contributed by atoms with Gasteiger partial charge in [-0.05, 0) is 13.3 Å². The molecule has 2 aliphatic heterocycles. The molecule has 2 aliphatic rings. The number of rotatable bonds is 3. The minimum atomic E-state index is -0.964. The molecule has 1 aromatic heterocycles. The smallest absolute Gasteiger partial charge is 0.322 e. The van der Waals surface area contributed by atoms with Crippen LogP contribution in [0.2, 0.25) is 0 Å². The maximum absolute atomic E-state index is 12.1. The van der Waals surface area contributed by atoms with Crippen LogP contribution >= 0.6 is 0 Å². The zero-order valence-electron chi connectivity index (χ0n) is 11.5. The minimum Gasteiger partial charge on any atom is -0.340 e. The van der Waals surface area contributed by atoms with Gasteiger partial charge in [0.25, 0.3) is 5.91 Å². The van der Waals surface area contributed by atoms with Gasteiger partial charge in [0.1, 0.15) is 5.54 Å². The van der Waals surface area contributed by atoms with E-state index < -0.39 is 11.6 Å². The van der Waals surface area contributed by atoms with Crippen LogP contribution in [0, 0.1) is 6.92 Å². The Labute approximate surface area is 120 Å². The lowest BCUT2D eigenvalue weighted by Gasteiger charge is -2.20. The number of likely N-dealkylation sites (tertiary alicyclic amines) is 1. The highest BCUT2D eigenvalue weighted by molar-refractivity contribution is 6.07. The second-order valence-electron chi connectivity index (χ2n) is 5.29. The molecule has 2 N–H and O–H groups in total. The van der Waals surface area contributed by atoms with Crippen molar-refractivity contribution in [2.24, 2.45) is 0 Å². The highest BCUT2D eigenvalue weighted by atomic mass is 16.5. The van der Waals surface area contributed by atoms with Crippen LogP contribution in [-0.4, -0.2) is 51.5 Å². The standard InChI is InChI=1S/C12H15N5O4/c1-7-13-8(21-16-7)2-3-9(18)17-5-4-12(6-17)10(19)14-11(20)15-12/h2-6H2,1H3,(H2,14,15,19,20). The van der Waals surface area contributed by atoms with Gasteiger partial charge in [0, 0.05) is 19.4 Å². The number of imide groups is 1. The predicted octanol–water partition coefficient (Wildman–Crippen LogP) is -0.879. The van der Waals surface area contributed by atoms with Crippen molar-refractivity contribution in [3.05, 3.63) is 11.7 Å². The average Bonchev–Trinajstić information content (AvgIpc) is 3.09. The first-order chi connectivity index (χ1) is 9.98. The molecule has 9 heteroatoms. The summed E-state index contributed by atoms with van der Waals surface area (Å²) >= 11 is 0. The van der Waals surface area contributed by atoms with Crippen molar-refractivity contribution in [2.75, 3.05) is 13.1 Å². The first-order valence-electron chi connectivity index (χ1n) is 6.69. The molecule has 1 spiro atoms. The van der Waals surface area contributed by atoms with Crippen molar-refractivity contribution in [1.82, 2.24) is 25.7 Å². The van der Waals surface area contributed by atoms with Gasteiger partial charge in [-0.15, -0.1) is 0 Å². The van der Waals surface area contributed by atoms with Crippen molar-refractivity contribution < 1.29 is 18.9 Å². The van der Waals surface area contributed by atoms with Crippen LogP contribution in [0.3, 0.4) is 0 Å². The number of hydrogen-bond donors (Lipinski definition) is 2. The van der Waals surface area contributed by atoms with Crippen LogP contribution in [0.15, 0.2) is 4.52 Å². The third-order valence-corrected chi connectivity index (χ3v) is 3.76. The van der Waals surface area contributed by atoms with Gasteiger partial charge >= 0.3 is 6.03 Å². The Morgan fingerprint density at radius 3 is 2.90 bits per heavy atom. The van der Waals surface area contributed by atoms with E-state index in [0.717, 1.165) is 0 Å². The molecule has 4 amide bonds. The molecule has 3 heterocycles. The highest BCUT2D eigenvalue weighted by Crippen LogP contribution is 2.25. The molecule has 1 aromatic rings. The molecule has 21 heavy (non-hydrogen) atoms. The fraction of sp³-hybridized carbons (Fsp3) is 0.583. The molecule has 112 valence electrons. The molecular weight excluding hydrogens is 278 g/mol. The van der Waals surface area contributed by atoms with Gasteiger partial charge in [-0.2, -0.15) is 4.98 Å². The lowest BCUT2D eigenvalue weighted by Crippen LogP contribution is -2.49. The summed E-state index contributed by atoms with van der Waals surface area (Å²) in [6.45, 7) is 2.35. The van der Waals surface area contributed by atoms with E-state index in [1.165, 1.54) is 0 Å². The monoisotopic (exact) mass is 293 g/mol. The maximum atomic E-state index is 12.1. The number of urea groups is 1. The Morgan fingerprint density at radius 1 is 1.48 bits per heavy atom. The summed E-state index contributed by atoms with van der Waals surface area (Å²) in [6.07, 6.45) is 1.02. The lowest BCUT2D eigenvalue weighted by molar-refractivity contribution is -0.130. The maximum Gasteiger partial charge on any atom is 0.322 e. The van der Waals surface area contributed by atoms with Crippen LogP contribution in [0.1, 0.15) is 24.6 Å². The molecule has 0 aromatic carbocycles. The quantitative estimate of drug-likeness (QED) is 0.699. The van der Waals surface area contributed by atoms with Crippen molar-refractivity contribution >= 4 is 17.8 Å². The van der Waals surface area contributed by atoms with Gasteiger partial charge in [-0.3, -0.25) is 14.9 Å². The SMILES string of the molecule is Cc1noc(CCC(=O)N2CCC3(C2)NC(=O)NC3=O)n1. The highest BCUT2D eigenvalue weighted by Gasteiger charge is 2.51. The lowest BCUT2D eigenvalue weighted by atomic mass is 9.99. The number of aromatic nitrogens is 2. The van der Waals surface area contributed by atoms with Crippen molar-refractivity contribution in [3.63, 3.8) is 0 Å². The van der Waals surface area contributed by atoms with Crippen molar-refractivity contribution in [1.29, 1.82) is 0 Å². The van der Waals surface area contributed by atoms with Crippen LogP contribution in [0.25, 0.3) is 0 Å². The molecule has 9 nitrogen and oxygen atoms in total. The van der Waals surface area contributed by atoms with E-state index in [9.17, 15) is 14.4 Å². The van der Waals surface area contributed by atoms with Crippen LogP contribution in [0.4, 0.5) is 4.79 Å². The number of amides is 4. The zero-order chi connectivity index (χ0) is 15.0. The molecule has 2 saturated heterocycles. The second kappa shape index (κ2) is 4.83. The Hall–Kier alpha value is -2.45. The Kier molecular flexibility index (Phi) is 3.11. The van der Waals surface area contributed by atoms with E-state index in [1.807, 2.05) is 0 Å². The van der Waals surface area contributed by atoms with E-state index in [4.69, 9.17) is 4.52 Å². The Morgan fingerprint density at radius 2 is 2.29 bits per heavy atom. The molecule has 3 rings (SSSR count). The second-order valence-corrected chi connectivity index (χ2v) is 5.29. The number of aryl methyl sites for hydroxylation is 2. The van der Waals surface area contributed by atoms with E-state index in [0.29, 0.717) is 31.1 Å². The van der Waals surface area contributed by atoms with Crippen molar-refractivity contribution in [2.45, 2.75) is 31.7 Å². The molecule has 0 aliphatic carbocycles. The summed E-state index contributed by atoms with van der Waals surface area (Å²) in [5.74, 6) is 0.483. The fourth-order valence-corrected chi connectivity index (χ4v) is 2.65. The topological polar surface area (TPSA) is 117 Å². The molecule has 0 bridgehead atoms. The van der Waals surface area contributed by atoms with Gasteiger partial charge in [0.05, 0.1) is 6.54 Å². The Bertz CT molecular complexity index is 613. The average molecular weight is 293 g/mol. The minimum absolute atomic E-state index is 0.100. The summed E-state index contributed by atoms with van der Waals surface area (Å²) < 4.78 is 4.95. The number of carbonyl (C=O) groups excluding carboxylic acids is 3. The fourth-order valence-electron chi connectivity index (χ4n) is 2.65. The van der Waals surface area contributed by atoms with E-state index >= 15 is 0 Å². The van der Waals surface area contributed by atoms with Crippen LogP contribution < -0.4 is 10.6 Å².